The summed E-state index contributed by atoms with van der Waals surface area (Å²) in [6.45, 7) is 0.279. The summed E-state index contributed by atoms with van der Waals surface area (Å²) in [6, 6.07) is 15.7. The van der Waals surface area contributed by atoms with Gasteiger partial charge >= 0.3 is 0 Å². The van der Waals surface area contributed by atoms with Crippen LogP contribution >= 0.6 is 0 Å². The van der Waals surface area contributed by atoms with Gasteiger partial charge < -0.3 is 19.5 Å². The van der Waals surface area contributed by atoms with Crippen molar-refractivity contribution in [3.05, 3.63) is 90.3 Å². The minimum atomic E-state index is -0.416. The lowest BCUT2D eigenvalue weighted by molar-refractivity contribution is 0.0951. The zero-order chi connectivity index (χ0) is 18.6. The Labute approximate surface area is 154 Å². The molecule has 27 heavy (non-hydrogen) atoms. The van der Waals surface area contributed by atoms with Crippen LogP contribution in [-0.4, -0.2) is 21.2 Å². The molecule has 0 atom stereocenters. The van der Waals surface area contributed by atoms with Gasteiger partial charge in [0.2, 0.25) is 0 Å². The van der Waals surface area contributed by atoms with Gasteiger partial charge in [0, 0.05) is 12.4 Å². The molecule has 0 unspecified atom stereocenters. The molecule has 0 radical (unpaired) electrons. The summed E-state index contributed by atoms with van der Waals surface area (Å²) in [5, 5.41) is 5.54. The van der Waals surface area contributed by atoms with Gasteiger partial charge in [-0.25, -0.2) is 4.98 Å². The number of carbonyl (C=O) groups is 2. The Hall–Kier alpha value is -3.87. The van der Waals surface area contributed by atoms with Crippen molar-refractivity contribution in [1.29, 1.82) is 0 Å². The maximum Gasteiger partial charge on any atom is 0.291 e. The molecule has 4 aromatic rings. The van der Waals surface area contributed by atoms with Crippen LogP contribution in [-0.2, 0) is 6.54 Å². The summed E-state index contributed by atoms with van der Waals surface area (Å²) in [5.41, 5.74) is 2.33. The van der Waals surface area contributed by atoms with E-state index in [0.29, 0.717) is 11.3 Å². The third kappa shape index (κ3) is 3.57. The van der Waals surface area contributed by atoms with Gasteiger partial charge in [-0.15, -0.1) is 0 Å². The van der Waals surface area contributed by atoms with Crippen molar-refractivity contribution in [3.63, 3.8) is 0 Å². The summed E-state index contributed by atoms with van der Waals surface area (Å²) in [7, 11) is 0. The van der Waals surface area contributed by atoms with E-state index in [2.05, 4.69) is 15.6 Å². The molecule has 1 aromatic carbocycles. The van der Waals surface area contributed by atoms with Crippen molar-refractivity contribution in [2.75, 3.05) is 5.32 Å². The second kappa shape index (κ2) is 7.17. The zero-order valence-corrected chi connectivity index (χ0v) is 14.3. The number of amides is 2. The van der Waals surface area contributed by atoms with E-state index in [4.69, 9.17) is 4.42 Å². The highest BCUT2D eigenvalue weighted by molar-refractivity contribution is 6.07. The molecule has 0 aliphatic heterocycles. The molecule has 0 spiro atoms. The van der Waals surface area contributed by atoms with Gasteiger partial charge in [0.15, 0.2) is 5.76 Å². The summed E-state index contributed by atoms with van der Waals surface area (Å²) in [5.74, 6) is -0.544. The minimum absolute atomic E-state index is 0.176. The fourth-order valence-electron chi connectivity index (χ4n) is 2.72. The molecular formula is C20H16N4O3. The number of rotatable bonds is 5. The first-order chi connectivity index (χ1) is 13.2. The largest absolute Gasteiger partial charge is 0.459 e. The Kier molecular flexibility index (Phi) is 4.40. The third-order valence-corrected chi connectivity index (χ3v) is 4.01. The smallest absolute Gasteiger partial charge is 0.291 e. The molecule has 2 amide bonds. The van der Waals surface area contributed by atoms with Crippen LogP contribution in [0.25, 0.3) is 5.65 Å². The van der Waals surface area contributed by atoms with Crippen LogP contribution in [0.5, 0.6) is 0 Å². The van der Waals surface area contributed by atoms with Crippen molar-refractivity contribution in [1.82, 2.24) is 14.7 Å². The number of fused-ring (bicyclic) bond motifs is 1. The fourth-order valence-corrected chi connectivity index (χ4v) is 2.72. The molecule has 7 heteroatoms. The van der Waals surface area contributed by atoms with Gasteiger partial charge in [-0.2, -0.15) is 0 Å². The monoisotopic (exact) mass is 360 g/mol. The van der Waals surface area contributed by atoms with Gasteiger partial charge in [0.05, 0.1) is 29.8 Å². The van der Waals surface area contributed by atoms with Gasteiger partial charge in [0.1, 0.15) is 5.65 Å². The molecule has 0 aliphatic carbocycles. The van der Waals surface area contributed by atoms with E-state index in [9.17, 15) is 9.59 Å². The van der Waals surface area contributed by atoms with Crippen LogP contribution in [0.1, 0.15) is 26.6 Å². The maximum absolute atomic E-state index is 12.6. The van der Waals surface area contributed by atoms with Crippen LogP contribution in [0.15, 0.2) is 77.7 Å². The number of pyridine rings is 1. The fraction of sp³-hybridized carbons (Fsp3) is 0.0500. The van der Waals surface area contributed by atoms with Crippen molar-refractivity contribution in [2.24, 2.45) is 0 Å². The van der Waals surface area contributed by atoms with E-state index < -0.39 is 5.91 Å². The Morgan fingerprint density at radius 2 is 1.85 bits per heavy atom. The van der Waals surface area contributed by atoms with Crippen LogP contribution in [0.2, 0.25) is 0 Å². The molecule has 7 nitrogen and oxygen atoms in total. The van der Waals surface area contributed by atoms with Gasteiger partial charge in [-0.3, -0.25) is 9.59 Å². The first-order valence-corrected chi connectivity index (χ1v) is 8.35. The molecule has 4 rings (SSSR count). The first-order valence-electron chi connectivity index (χ1n) is 8.35. The molecule has 0 saturated heterocycles. The number of benzene rings is 1. The molecular weight excluding hydrogens is 344 g/mol. The van der Waals surface area contributed by atoms with E-state index >= 15 is 0 Å². The summed E-state index contributed by atoms with van der Waals surface area (Å²) < 4.78 is 6.97. The third-order valence-electron chi connectivity index (χ3n) is 4.01. The predicted octanol–water partition coefficient (Wildman–Crippen LogP) is 3.11. The van der Waals surface area contributed by atoms with Crippen molar-refractivity contribution in [3.8, 4) is 0 Å². The zero-order valence-electron chi connectivity index (χ0n) is 14.3. The van der Waals surface area contributed by atoms with E-state index in [1.54, 1.807) is 36.4 Å². The number of nitrogens with zero attached hydrogens (tertiary/aromatic N) is 2. The highest BCUT2D eigenvalue weighted by Crippen LogP contribution is 2.17. The minimum Gasteiger partial charge on any atom is -0.459 e. The number of carbonyl (C=O) groups excluding carboxylic acids is 2. The van der Waals surface area contributed by atoms with Crippen LogP contribution in [0, 0.1) is 0 Å². The quantitative estimate of drug-likeness (QED) is 0.572. The van der Waals surface area contributed by atoms with Crippen LogP contribution in [0.3, 0.4) is 0 Å². The summed E-state index contributed by atoms with van der Waals surface area (Å²) >= 11 is 0. The van der Waals surface area contributed by atoms with E-state index in [0.717, 1.165) is 11.3 Å². The Bertz CT molecular complexity index is 1070. The molecule has 3 aromatic heterocycles. The highest BCUT2D eigenvalue weighted by Gasteiger charge is 2.15. The lowest BCUT2D eigenvalue weighted by Crippen LogP contribution is -2.25. The molecule has 0 aliphatic rings. The number of hydrogen-bond acceptors (Lipinski definition) is 4. The highest BCUT2D eigenvalue weighted by atomic mass is 16.3. The maximum atomic E-state index is 12.6. The average Bonchev–Trinajstić information content (AvgIpc) is 3.36. The van der Waals surface area contributed by atoms with E-state index in [1.807, 2.05) is 35.0 Å². The van der Waals surface area contributed by atoms with Crippen molar-refractivity contribution < 1.29 is 14.0 Å². The SMILES string of the molecule is O=C(Nc1ccccc1C(=O)NCc1cn2ccccc2n1)c1ccco1. The number of anilines is 1. The Morgan fingerprint density at radius 1 is 1.00 bits per heavy atom. The molecule has 0 saturated carbocycles. The van der Waals surface area contributed by atoms with E-state index in [1.165, 1.54) is 6.26 Å². The number of nitrogens with one attached hydrogen (secondary N) is 2. The number of para-hydroxylation sites is 1. The topological polar surface area (TPSA) is 88.6 Å². The molecule has 0 bridgehead atoms. The number of aromatic nitrogens is 2. The van der Waals surface area contributed by atoms with Gasteiger partial charge in [-0.05, 0) is 36.4 Å². The van der Waals surface area contributed by atoms with Crippen LogP contribution in [0.4, 0.5) is 5.69 Å². The summed E-state index contributed by atoms with van der Waals surface area (Å²) in [6.07, 6.45) is 5.18. The second-order valence-electron chi connectivity index (χ2n) is 5.86. The molecule has 3 heterocycles. The average molecular weight is 360 g/mol. The van der Waals surface area contributed by atoms with Crippen molar-refractivity contribution in [2.45, 2.75) is 6.54 Å². The normalized spacial score (nSPS) is 10.7. The first kappa shape index (κ1) is 16.6. The number of furan rings is 1. The standard InChI is InChI=1S/C20H16N4O3/c25-19(21-12-14-13-24-10-4-3-9-18(24)22-14)15-6-1-2-7-16(15)23-20(26)17-8-5-11-27-17/h1-11,13H,12H2,(H,21,25)(H,23,26). The van der Waals surface area contributed by atoms with E-state index in [-0.39, 0.29) is 18.2 Å². The lowest BCUT2D eigenvalue weighted by atomic mass is 10.1. The Morgan fingerprint density at radius 3 is 2.67 bits per heavy atom. The molecule has 2 N–H and O–H groups in total. The molecule has 0 fully saturated rings. The van der Waals surface area contributed by atoms with Gasteiger partial charge in [-0.1, -0.05) is 18.2 Å². The number of hydrogen-bond donors (Lipinski definition) is 2. The Balaban J connectivity index is 1.47. The molecule has 134 valence electrons. The van der Waals surface area contributed by atoms with Crippen LogP contribution < -0.4 is 10.6 Å². The second-order valence-corrected chi connectivity index (χ2v) is 5.86. The number of imidazole rings is 1. The predicted molar refractivity (Wildman–Crippen MR) is 99.5 cm³/mol. The van der Waals surface area contributed by atoms with Gasteiger partial charge in [0.25, 0.3) is 11.8 Å². The lowest BCUT2D eigenvalue weighted by Gasteiger charge is -2.10. The summed E-state index contributed by atoms with van der Waals surface area (Å²) in [4.78, 5) is 29.2. The van der Waals surface area contributed by atoms with Crippen molar-refractivity contribution >= 4 is 23.1 Å².